The Hall–Kier alpha value is -1.02. The van der Waals surface area contributed by atoms with Gasteiger partial charge in [0.15, 0.2) is 6.29 Å². The summed E-state index contributed by atoms with van der Waals surface area (Å²) in [5.41, 5.74) is 1.94. The predicted octanol–water partition coefficient (Wildman–Crippen LogP) is 8.21. The van der Waals surface area contributed by atoms with Gasteiger partial charge in [-0.3, -0.25) is 0 Å². The summed E-state index contributed by atoms with van der Waals surface area (Å²) < 4.78 is 11.9. The van der Waals surface area contributed by atoms with Gasteiger partial charge in [-0.25, -0.2) is 0 Å². The average molecular weight is 391 g/mol. The lowest BCUT2D eigenvalue weighted by atomic mass is 9.69. The van der Waals surface area contributed by atoms with Crippen molar-refractivity contribution in [3.05, 3.63) is 29.8 Å². The third-order valence-corrected chi connectivity index (χ3v) is 5.60. The fourth-order valence-corrected chi connectivity index (χ4v) is 3.90. The van der Waals surface area contributed by atoms with E-state index in [0.717, 1.165) is 24.7 Å². The highest BCUT2D eigenvalue weighted by Crippen LogP contribution is 2.43. The maximum atomic E-state index is 5.99. The van der Waals surface area contributed by atoms with Gasteiger partial charge in [-0.05, 0) is 60.1 Å². The Balaban J connectivity index is 2.63. The largest absolute Gasteiger partial charge is 0.465 e. The first-order chi connectivity index (χ1) is 13.0. The fourth-order valence-electron chi connectivity index (χ4n) is 3.90. The molecule has 0 radical (unpaired) electrons. The molecule has 3 atom stereocenters. The van der Waals surface area contributed by atoms with Crippen molar-refractivity contribution < 1.29 is 9.47 Å². The molecule has 0 saturated heterocycles. The maximum Gasteiger partial charge on any atom is 0.196 e. The molecule has 1 aromatic carbocycles. The van der Waals surface area contributed by atoms with Crippen LogP contribution in [0.25, 0.3) is 0 Å². The van der Waals surface area contributed by atoms with Gasteiger partial charge in [-0.15, -0.1) is 0 Å². The molecule has 2 heteroatoms. The van der Waals surface area contributed by atoms with Crippen molar-refractivity contribution in [3.63, 3.8) is 0 Å². The molecule has 0 bridgehead atoms. The SMILES string of the molecule is CCCC(CC)CCOC(C)Oc1ccc(C(CC(C)(C)C)C(C)(C)C)cc1. The van der Waals surface area contributed by atoms with Gasteiger partial charge >= 0.3 is 0 Å². The minimum Gasteiger partial charge on any atom is -0.465 e. The molecule has 1 aromatic rings. The summed E-state index contributed by atoms with van der Waals surface area (Å²) in [5.74, 6) is 2.19. The van der Waals surface area contributed by atoms with Crippen LogP contribution in [-0.2, 0) is 4.74 Å². The van der Waals surface area contributed by atoms with E-state index in [1.54, 1.807) is 0 Å². The molecule has 0 fully saturated rings. The summed E-state index contributed by atoms with van der Waals surface area (Å²) >= 11 is 0. The Morgan fingerprint density at radius 1 is 0.893 bits per heavy atom. The Bertz CT molecular complexity index is 533. The summed E-state index contributed by atoms with van der Waals surface area (Å²) in [6, 6.07) is 8.67. The molecule has 3 unspecified atom stereocenters. The second kappa shape index (κ2) is 11.2. The van der Waals surface area contributed by atoms with Gasteiger partial charge in [-0.1, -0.05) is 86.8 Å². The molecular formula is C26H46O2. The van der Waals surface area contributed by atoms with Crippen LogP contribution >= 0.6 is 0 Å². The normalized spacial score (nSPS) is 15.9. The third kappa shape index (κ3) is 9.45. The van der Waals surface area contributed by atoms with E-state index in [2.05, 4.69) is 79.7 Å². The summed E-state index contributed by atoms with van der Waals surface area (Å²) in [4.78, 5) is 0. The molecule has 0 saturated carbocycles. The van der Waals surface area contributed by atoms with Gasteiger partial charge < -0.3 is 9.47 Å². The van der Waals surface area contributed by atoms with Gasteiger partial charge in [-0.2, -0.15) is 0 Å². The van der Waals surface area contributed by atoms with Crippen molar-refractivity contribution in [3.8, 4) is 5.75 Å². The first kappa shape index (κ1) is 25.0. The van der Waals surface area contributed by atoms with Crippen molar-refractivity contribution in [2.45, 2.75) is 107 Å². The van der Waals surface area contributed by atoms with Crippen molar-refractivity contribution in [1.29, 1.82) is 0 Å². The van der Waals surface area contributed by atoms with Crippen LogP contribution in [0, 0.1) is 16.7 Å². The Morgan fingerprint density at radius 3 is 1.96 bits per heavy atom. The smallest absolute Gasteiger partial charge is 0.196 e. The molecule has 0 heterocycles. The lowest BCUT2D eigenvalue weighted by Gasteiger charge is -2.36. The van der Waals surface area contributed by atoms with Gasteiger partial charge in [0.2, 0.25) is 0 Å². The first-order valence-corrected chi connectivity index (χ1v) is 11.3. The molecule has 0 aliphatic carbocycles. The van der Waals surface area contributed by atoms with Crippen LogP contribution in [0.5, 0.6) is 5.75 Å². The third-order valence-electron chi connectivity index (χ3n) is 5.60. The Morgan fingerprint density at radius 2 is 1.50 bits per heavy atom. The molecule has 0 amide bonds. The van der Waals surface area contributed by atoms with Crippen LogP contribution in [0.4, 0.5) is 0 Å². The zero-order chi connectivity index (χ0) is 21.4. The second-order valence-corrected chi connectivity index (χ2v) is 10.7. The molecule has 162 valence electrons. The highest BCUT2D eigenvalue weighted by molar-refractivity contribution is 5.30. The molecule has 0 aliphatic rings. The van der Waals surface area contributed by atoms with E-state index in [4.69, 9.17) is 9.47 Å². The molecule has 0 N–H and O–H groups in total. The van der Waals surface area contributed by atoms with E-state index >= 15 is 0 Å². The van der Waals surface area contributed by atoms with Crippen molar-refractivity contribution in [1.82, 2.24) is 0 Å². The molecule has 28 heavy (non-hydrogen) atoms. The minimum absolute atomic E-state index is 0.210. The summed E-state index contributed by atoms with van der Waals surface area (Å²) in [6.07, 6.45) is 5.86. The Labute approximate surface area is 175 Å². The predicted molar refractivity (Wildman–Crippen MR) is 122 cm³/mol. The number of hydrogen-bond donors (Lipinski definition) is 0. The van der Waals surface area contributed by atoms with Crippen LogP contribution in [-0.4, -0.2) is 12.9 Å². The highest BCUT2D eigenvalue weighted by Gasteiger charge is 2.30. The van der Waals surface area contributed by atoms with Gasteiger partial charge in [0.25, 0.3) is 0 Å². The minimum atomic E-state index is -0.210. The van der Waals surface area contributed by atoms with E-state index in [1.165, 1.54) is 31.2 Å². The van der Waals surface area contributed by atoms with E-state index in [0.29, 0.717) is 11.3 Å². The lowest BCUT2D eigenvalue weighted by Crippen LogP contribution is -2.24. The van der Waals surface area contributed by atoms with Crippen LogP contribution in [0.15, 0.2) is 24.3 Å². The van der Waals surface area contributed by atoms with E-state index in [1.807, 2.05) is 6.92 Å². The van der Waals surface area contributed by atoms with Crippen LogP contribution in [0.3, 0.4) is 0 Å². The van der Waals surface area contributed by atoms with Gasteiger partial charge in [0, 0.05) is 0 Å². The molecule has 0 aromatic heterocycles. The molecule has 2 nitrogen and oxygen atoms in total. The fraction of sp³-hybridized carbons (Fsp3) is 0.769. The summed E-state index contributed by atoms with van der Waals surface area (Å²) in [6.45, 7) is 21.3. The summed E-state index contributed by atoms with van der Waals surface area (Å²) in [7, 11) is 0. The number of benzene rings is 1. The number of rotatable bonds is 11. The zero-order valence-corrected chi connectivity index (χ0v) is 20.1. The number of hydrogen-bond acceptors (Lipinski definition) is 2. The quantitative estimate of drug-likeness (QED) is 0.354. The van der Waals surface area contributed by atoms with E-state index in [-0.39, 0.29) is 11.7 Å². The molecule has 1 rings (SSSR count). The van der Waals surface area contributed by atoms with Crippen LogP contribution in [0.2, 0.25) is 0 Å². The van der Waals surface area contributed by atoms with Crippen molar-refractivity contribution in [2.24, 2.45) is 16.7 Å². The van der Waals surface area contributed by atoms with Gasteiger partial charge in [0.05, 0.1) is 6.61 Å². The van der Waals surface area contributed by atoms with E-state index < -0.39 is 0 Å². The average Bonchev–Trinajstić information content (AvgIpc) is 2.58. The number of ether oxygens (including phenoxy) is 2. The molecule has 0 aliphatic heterocycles. The monoisotopic (exact) mass is 390 g/mol. The maximum absolute atomic E-state index is 5.99. The van der Waals surface area contributed by atoms with Crippen LogP contribution in [0.1, 0.15) is 106 Å². The topological polar surface area (TPSA) is 18.5 Å². The Kier molecular flexibility index (Phi) is 10.0. The highest BCUT2D eigenvalue weighted by atomic mass is 16.7. The molecular weight excluding hydrogens is 344 g/mol. The molecule has 0 spiro atoms. The zero-order valence-electron chi connectivity index (χ0n) is 20.1. The lowest BCUT2D eigenvalue weighted by molar-refractivity contribution is -0.0706. The second-order valence-electron chi connectivity index (χ2n) is 10.7. The van der Waals surface area contributed by atoms with E-state index in [9.17, 15) is 0 Å². The van der Waals surface area contributed by atoms with Crippen LogP contribution < -0.4 is 4.74 Å². The van der Waals surface area contributed by atoms with Crippen molar-refractivity contribution in [2.75, 3.05) is 6.61 Å². The van der Waals surface area contributed by atoms with Crippen molar-refractivity contribution >= 4 is 0 Å². The summed E-state index contributed by atoms with van der Waals surface area (Å²) in [5, 5.41) is 0. The first-order valence-electron chi connectivity index (χ1n) is 11.3. The van der Waals surface area contributed by atoms with Gasteiger partial charge in [0.1, 0.15) is 5.75 Å². The standard InChI is InChI=1S/C26H46O2/c1-10-12-21(11-2)17-18-27-20(3)28-23-15-13-22(14-16-23)24(26(7,8)9)19-25(4,5)6/h13-16,20-21,24H,10-12,17-19H2,1-9H3.